The lowest BCUT2D eigenvalue weighted by Crippen LogP contribution is -2.02. The van der Waals surface area contributed by atoms with E-state index in [1.54, 1.807) is 18.9 Å². The van der Waals surface area contributed by atoms with Crippen LogP contribution < -0.4 is 5.32 Å². The molecule has 0 amide bonds. The van der Waals surface area contributed by atoms with Crippen molar-refractivity contribution in [3.05, 3.63) is 41.2 Å². The second-order valence-corrected chi connectivity index (χ2v) is 6.17. The summed E-state index contributed by atoms with van der Waals surface area (Å²) >= 11 is 1.68. The van der Waals surface area contributed by atoms with Crippen molar-refractivity contribution in [2.45, 2.75) is 35.8 Å². The van der Waals surface area contributed by atoms with Gasteiger partial charge in [-0.15, -0.1) is 0 Å². The number of methoxy groups -OCH3 is 1. The summed E-state index contributed by atoms with van der Waals surface area (Å²) in [4.78, 5) is 10.2. The van der Waals surface area contributed by atoms with E-state index in [4.69, 9.17) is 4.74 Å². The van der Waals surface area contributed by atoms with Crippen LogP contribution in [0.2, 0.25) is 0 Å². The van der Waals surface area contributed by atoms with Crippen LogP contribution in [0.15, 0.2) is 34.2 Å². The van der Waals surface area contributed by atoms with E-state index in [1.807, 2.05) is 13.1 Å². The molecule has 2 aromatic rings. The molecule has 0 saturated heterocycles. The molecular weight excluding hydrogens is 282 g/mol. The van der Waals surface area contributed by atoms with Gasteiger partial charge in [-0.05, 0) is 42.5 Å². The fourth-order valence-corrected chi connectivity index (χ4v) is 3.48. The molecule has 3 rings (SSSR count). The molecule has 0 fully saturated rings. The number of aromatic nitrogens is 2. The number of hydrogen-bond donors (Lipinski definition) is 1. The number of benzene rings is 1. The predicted octanol–water partition coefficient (Wildman–Crippen LogP) is 3.30. The molecule has 1 heterocycles. The maximum absolute atomic E-state index is 5.13. The highest BCUT2D eigenvalue weighted by molar-refractivity contribution is 7.99. The minimum Gasteiger partial charge on any atom is -0.377 e. The first-order valence-electron chi connectivity index (χ1n) is 7.13. The van der Waals surface area contributed by atoms with Crippen molar-refractivity contribution in [3.63, 3.8) is 0 Å². The third kappa shape index (κ3) is 3.36. The van der Waals surface area contributed by atoms with E-state index in [1.165, 1.54) is 35.3 Å². The van der Waals surface area contributed by atoms with Crippen LogP contribution in [0.25, 0.3) is 0 Å². The van der Waals surface area contributed by atoms with Gasteiger partial charge >= 0.3 is 0 Å². The van der Waals surface area contributed by atoms with E-state index in [0.717, 1.165) is 10.8 Å². The molecule has 1 aliphatic rings. The van der Waals surface area contributed by atoms with Crippen LogP contribution in [-0.2, 0) is 24.2 Å². The first-order chi connectivity index (χ1) is 10.3. The molecule has 0 atom stereocenters. The fraction of sp³-hybridized carbons (Fsp3) is 0.375. The summed E-state index contributed by atoms with van der Waals surface area (Å²) in [7, 11) is 3.52. The first-order valence-corrected chi connectivity index (χ1v) is 7.94. The lowest BCUT2D eigenvalue weighted by Gasteiger charge is -2.08. The van der Waals surface area contributed by atoms with Crippen LogP contribution in [0.5, 0.6) is 0 Å². The van der Waals surface area contributed by atoms with Crippen molar-refractivity contribution in [1.29, 1.82) is 0 Å². The normalized spacial score (nSPS) is 13.2. The van der Waals surface area contributed by atoms with E-state index in [9.17, 15) is 0 Å². The number of anilines is 1. The highest BCUT2D eigenvalue weighted by atomic mass is 32.2. The van der Waals surface area contributed by atoms with Gasteiger partial charge in [0.05, 0.1) is 0 Å². The van der Waals surface area contributed by atoms with Crippen molar-refractivity contribution in [1.82, 2.24) is 9.97 Å². The van der Waals surface area contributed by atoms with Gasteiger partial charge in [-0.3, -0.25) is 0 Å². The van der Waals surface area contributed by atoms with E-state index in [-0.39, 0.29) is 0 Å². The van der Waals surface area contributed by atoms with Gasteiger partial charge in [0.1, 0.15) is 17.5 Å². The van der Waals surface area contributed by atoms with Crippen LogP contribution in [0.4, 0.5) is 5.82 Å². The van der Waals surface area contributed by atoms with Gasteiger partial charge in [-0.25, -0.2) is 9.97 Å². The third-order valence-corrected chi connectivity index (χ3v) is 4.48. The van der Waals surface area contributed by atoms with Gasteiger partial charge in [0.15, 0.2) is 5.82 Å². The quantitative estimate of drug-likeness (QED) is 0.859. The highest BCUT2D eigenvalue weighted by Gasteiger charge is 2.12. The lowest BCUT2D eigenvalue weighted by atomic mass is 10.1. The average Bonchev–Trinajstić information content (AvgIpc) is 2.95. The number of hydrogen-bond acceptors (Lipinski definition) is 5. The van der Waals surface area contributed by atoms with E-state index in [0.29, 0.717) is 12.4 Å². The summed E-state index contributed by atoms with van der Waals surface area (Å²) in [6.45, 7) is 0.424. The van der Waals surface area contributed by atoms with Crippen molar-refractivity contribution < 1.29 is 4.74 Å². The van der Waals surface area contributed by atoms with E-state index >= 15 is 0 Å². The van der Waals surface area contributed by atoms with Crippen LogP contribution in [0.3, 0.4) is 0 Å². The number of fused-ring (bicyclic) bond motifs is 1. The zero-order chi connectivity index (χ0) is 14.7. The Hall–Kier alpha value is -1.59. The maximum atomic E-state index is 5.13. The minimum atomic E-state index is 0.424. The van der Waals surface area contributed by atoms with Crippen molar-refractivity contribution in [2.75, 3.05) is 19.5 Å². The summed E-state index contributed by atoms with van der Waals surface area (Å²) in [6, 6.07) is 8.70. The second kappa shape index (κ2) is 6.45. The minimum absolute atomic E-state index is 0.424. The van der Waals surface area contributed by atoms with Crippen molar-refractivity contribution >= 4 is 17.6 Å². The van der Waals surface area contributed by atoms with Crippen molar-refractivity contribution in [2.24, 2.45) is 0 Å². The monoisotopic (exact) mass is 301 g/mol. The predicted molar refractivity (Wildman–Crippen MR) is 84.9 cm³/mol. The molecule has 1 aromatic carbocycles. The van der Waals surface area contributed by atoms with Crippen LogP contribution in [0, 0.1) is 0 Å². The SMILES string of the molecule is CNc1cc(Sc2ccc3c(c2)CCC3)nc(COC)n1. The number of ether oxygens (including phenoxy) is 1. The largest absolute Gasteiger partial charge is 0.377 e. The van der Waals surface area contributed by atoms with Gasteiger partial charge in [0.25, 0.3) is 0 Å². The second-order valence-electron chi connectivity index (χ2n) is 5.08. The molecule has 1 aromatic heterocycles. The molecule has 0 radical (unpaired) electrons. The molecular formula is C16H19N3OS. The van der Waals surface area contributed by atoms with E-state index in [2.05, 4.69) is 33.5 Å². The Balaban J connectivity index is 1.85. The highest BCUT2D eigenvalue weighted by Crippen LogP contribution is 2.31. The zero-order valence-corrected chi connectivity index (χ0v) is 13.2. The molecule has 0 bridgehead atoms. The van der Waals surface area contributed by atoms with Gasteiger partial charge in [-0.1, -0.05) is 17.8 Å². The molecule has 0 spiro atoms. The molecule has 0 saturated carbocycles. The molecule has 5 heteroatoms. The summed E-state index contributed by atoms with van der Waals surface area (Å²) in [5.74, 6) is 1.52. The summed E-state index contributed by atoms with van der Waals surface area (Å²) in [5.41, 5.74) is 2.98. The molecule has 1 N–H and O–H groups in total. The van der Waals surface area contributed by atoms with Crippen molar-refractivity contribution in [3.8, 4) is 0 Å². The topological polar surface area (TPSA) is 47.0 Å². The van der Waals surface area contributed by atoms with Gasteiger partial charge in [0, 0.05) is 25.1 Å². The summed E-state index contributed by atoms with van der Waals surface area (Å²) in [6.07, 6.45) is 3.69. The van der Waals surface area contributed by atoms with E-state index < -0.39 is 0 Å². The Labute approximate surface area is 129 Å². The lowest BCUT2D eigenvalue weighted by molar-refractivity contribution is 0.177. The Morgan fingerprint density at radius 3 is 2.86 bits per heavy atom. The van der Waals surface area contributed by atoms with Gasteiger partial charge in [-0.2, -0.15) is 0 Å². The maximum Gasteiger partial charge on any atom is 0.157 e. The molecule has 4 nitrogen and oxygen atoms in total. The number of rotatable bonds is 5. The first kappa shape index (κ1) is 14.4. The Bertz CT molecular complexity index is 645. The van der Waals surface area contributed by atoms with Gasteiger partial charge in [0.2, 0.25) is 0 Å². The molecule has 0 unspecified atom stereocenters. The fourth-order valence-electron chi connectivity index (χ4n) is 2.58. The number of nitrogens with one attached hydrogen (secondary N) is 1. The summed E-state index contributed by atoms with van der Waals surface area (Å²) < 4.78 is 5.13. The van der Waals surface area contributed by atoms with Gasteiger partial charge < -0.3 is 10.1 Å². The van der Waals surface area contributed by atoms with Crippen LogP contribution >= 0.6 is 11.8 Å². The smallest absolute Gasteiger partial charge is 0.157 e. The molecule has 1 aliphatic carbocycles. The Kier molecular flexibility index (Phi) is 4.41. The zero-order valence-electron chi connectivity index (χ0n) is 12.3. The number of aryl methyl sites for hydroxylation is 2. The summed E-state index contributed by atoms with van der Waals surface area (Å²) in [5, 5.41) is 4.02. The molecule has 21 heavy (non-hydrogen) atoms. The van der Waals surface area contributed by atoms with Crippen LogP contribution in [-0.4, -0.2) is 24.1 Å². The standard InChI is InChI=1S/C16H19N3OS/c1-17-14-9-16(19-15(18-14)10-20-2)21-13-7-6-11-4-3-5-12(11)8-13/h6-9H,3-5,10H2,1-2H3,(H,17,18,19). The molecule has 0 aliphatic heterocycles. The molecule has 110 valence electrons. The third-order valence-electron chi connectivity index (χ3n) is 3.57. The number of nitrogens with zero attached hydrogens (tertiary/aromatic N) is 2. The Morgan fingerprint density at radius 1 is 1.19 bits per heavy atom. The Morgan fingerprint density at radius 2 is 2.05 bits per heavy atom. The average molecular weight is 301 g/mol. The van der Waals surface area contributed by atoms with Crippen LogP contribution in [0.1, 0.15) is 23.4 Å².